The van der Waals surface area contributed by atoms with Gasteiger partial charge in [-0.15, -0.1) is 0 Å². The molecule has 0 aliphatic carbocycles. The number of hydrogen-bond acceptors (Lipinski definition) is 3. The Bertz CT molecular complexity index is 599. The molecule has 0 saturated carbocycles. The van der Waals surface area contributed by atoms with Crippen molar-refractivity contribution in [2.24, 2.45) is 10.4 Å². The third-order valence-corrected chi connectivity index (χ3v) is 4.86. The highest BCUT2D eigenvalue weighted by molar-refractivity contribution is 5.84. The zero-order valence-electron chi connectivity index (χ0n) is 16.5. The maximum absolute atomic E-state index is 11.9. The second-order valence-corrected chi connectivity index (χ2v) is 7.59. The third-order valence-electron chi connectivity index (χ3n) is 4.86. The van der Waals surface area contributed by atoms with Crippen molar-refractivity contribution in [3.63, 3.8) is 0 Å². The number of carbonyl (C=O) groups is 1. The SMILES string of the molecule is CN=C(NCC(C)(C)C(=O)NC)NC1CCCN(Cc2ccccc2)C1. The topological polar surface area (TPSA) is 68.8 Å². The first-order chi connectivity index (χ1) is 12.4. The minimum atomic E-state index is -0.488. The Morgan fingerprint density at radius 1 is 1.31 bits per heavy atom. The summed E-state index contributed by atoms with van der Waals surface area (Å²) in [4.78, 5) is 18.7. The molecule has 2 rings (SSSR count). The Morgan fingerprint density at radius 3 is 2.69 bits per heavy atom. The molecule has 1 unspecified atom stereocenters. The Kier molecular flexibility index (Phi) is 7.45. The van der Waals surface area contributed by atoms with Gasteiger partial charge in [0.1, 0.15) is 0 Å². The molecule has 144 valence electrons. The molecule has 0 bridgehead atoms. The molecule has 26 heavy (non-hydrogen) atoms. The van der Waals surface area contributed by atoms with E-state index >= 15 is 0 Å². The van der Waals surface area contributed by atoms with Crippen molar-refractivity contribution in [1.82, 2.24) is 20.9 Å². The van der Waals surface area contributed by atoms with E-state index in [1.54, 1.807) is 14.1 Å². The number of aliphatic imine (C=N–C) groups is 1. The summed E-state index contributed by atoms with van der Waals surface area (Å²) in [5, 5.41) is 9.52. The molecule has 1 saturated heterocycles. The Balaban J connectivity index is 1.84. The summed E-state index contributed by atoms with van der Waals surface area (Å²) >= 11 is 0. The van der Waals surface area contributed by atoms with E-state index in [1.807, 2.05) is 13.8 Å². The monoisotopic (exact) mass is 359 g/mol. The van der Waals surface area contributed by atoms with E-state index < -0.39 is 5.41 Å². The number of piperidine rings is 1. The molecule has 1 aliphatic rings. The zero-order chi connectivity index (χ0) is 19.0. The normalized spacial score (nSPS) is 19.1. The number of carbonyl (C=O) groups excluding carboxylic acids is 1. The number of amides is 1. The van der Waals surface area contributed by atoms with Gasteiger partial charge in [-0.05, 0) is 38.8 Å². The minimum Gasteiger partial charge on any atom is -0.359 e. The largest absolute Gasteiger partial charge is 0.359 e. The number of likely N-dealkylation sites (tertiary alicyclic amines) is 1. The van der Waals surface area contributed by atoms with Crippen molar-refractivity contribution in [2.75, 3.05) is 33.7 Å². The van der Waals surface area contributed by atoms with Crippen LogP contribution >= 0.6 is 0 Å². The molecule has 1 atom stereocenters. The average Bonchev–Trinajstić information content (AvgIpc) is 2.65. The van der Waals surface area contributed by atoms with Gasteiger partial charge in [-0.2, -0.15) is 0 Å². The van der Waals surface area contributed by atoms with Crippen molar-refractivity contribution in [3.8, 4) is 0 Å². The second kappa shape index (κ2) is 9.57. The maximum atomic E-state index is 11.9. The van der Waals surface area contributed by atoms with Crippen LogP contribution in [0.3, 0.4) is 0 Å². The lowest BCUT2D eigenvalue weighted by Crippen LogP contribution is -2.53. The van der Waals surface area contributed by atoms with Crippen LogP contribution in [-0.2, 0) is 11.3 Å². The molecular weight excluding hydrogens is 326 g/mol. The highest BCUT2D eigenvalue weighted by Gasteiger charge is 2.27. The first kappa shape index (κ1) is 20.2. The lowest BCUT2D eigenvalue weighted by atomic mass is 9.92. The number of benzene rings is 1. The van der Waals surface area contributed by atoms with Crippen LogP contribution in [-0.4, -0.2) is 56.5 Å². The van der Waals surface area contributed by atoms with E-state index in [9.17, 15) is 4.79 Å². The summed E-state index contributed by atoms with van der Waals surface area (Å²) in [5.41, 5.74) is 0.862. The first-order valence-electron chi connectivity index (χ1n) is 9.40. The molecule has 1 heterocycles. The molecule has 3 N–H and O–H groups in total. The Morgan fingerprint density at radius 2 is 2.04 bits per heavy atom. The van der Waals surface area contributed by atoms with Gasteiger partial charge in [-0.25, -0.2) is 0 Å². The van der Waals surface area contributed by atoms with Crippen LogP contribution < -0.4 is 16.0 Å². The van der Waals surface area contributed by atoms with E-state index in [-0.39, 0.29) is 5.91 Å². The molecule has 1 fully saturated rings. The van der Waals surface area contributed by atoms with Gasteiger partial charge in [0.25, 0.3) is 0 Å². The smallest absolute Gasteiger partial charge is 0.227 e. The predicted molar refractivity (Wildman–Crippen MR) is 107 cm³/mol. The highest BCUT2D eigenvalue weighted by atomic mass is 16.2. The van der Waals surface area contributed by atoms with Gasteiger partial charge < -0.3 is 16.0 Å². The summed E-state index contributed by atoms with van der Waals surface area (Å²) in [5.74, 6) is 0.778. The van der Waals surface area contributed by atoms with Crippen LogP contribution in [0.1, 0.15) is 32.3 Å². The van der Waals surface area contributed by atoms with Crippen LogP contribution in [0.5, 0.6) is 0 Å². The summed E-state index contributed by atoms with van der Waals surface area (Å²) in [6.07, 6.45) is 2.30. The van der Waals surface area contributed by atoms with Crippen LogP contribution in [0.25, 0.3) is 0 Å². The minimum absolute atomic E-state index is 0.0205. The molecule has 1 amide bonds. The molecule has 6 nitrogen and oxygen atoms in total. The summed E-state index contributed by atoms with van der Waals surface area (Å²) in [6.45, 7) is 7.49. The van der Waals surface area contributed by atoms with Gasteiger partial charge in [0.05, 0.1) is 5.41 Å². The number of nitrogens with one attached hydrogen (secondary N) is 3. The maximum Gasteiger partial charge on any atom is 0.227 e. The van der Waals surface area contributed by atoms with E-state index in [2.05, 4.69) is 56.2 Å². The van der Waals surface area contributed by atoms with Crippen molar-refractivity contribution in [2.45, 2.75) is 39.3 Å². The number of nitrogens with zero attached hydrogens (tertiary/aromatic N) is 2. The first-order valence-corrected chi connectivity index (χ1v) is 9.40. The number of guanidine groups is 1. The lowest BCUT2D eigenvalue weighted by molar-refractivity contribution is -0.128. The van der Waals surface area contributed by atoms with Crippen LogP contribution in [0.2, 0.25) is 0 Å². The van der Waals surface area contributed by atoms with Gasteiger partial charge in [0, 0.05) is 39.8 Å². The molecular formula is C20H33N5O. The number of hydrogen-bond donors (Lipinski definition) is 3. The third kappa shape index (κ3) is 6.02. The van der Waals surface area contributed by atoms with Crippen LogP contribution in [0.15, 0.2) is 35.3 Å². The van der Waals surface area contributed by atoms with Crippen molar-refractivity contribution in [1.29, 1.82) is 0 Å². The van der Waals surface area contributed by atoms with Gasteiger partial charge in [-0.1, -0.05) is 30.3 Å². The summed E-state index contributed by atoms with van der Waals surface area (Å²) in [6, 6.07) is 11.0. The van der Waals surface area contributed by atoms with E-state index in [0.717, 1.165) is 32.0 Å². The quantitative estimate of drug-likeness (QED) is 0.533. The van der Waals surface area contributed by atoms with E-state index in [4.69, 9.17) is 0 Å². The van der Waals surface area contributed by atoms with Gasteiger partial charge in [-0.3, -0.25) is 14.7 Å². The Hall–Kier alpha value is -2.08. The molecule has 1 aromatic carbocycles. The van der Waals surface area contributed by atoms with Gasteiger partial charge in [0.15, 0.2) is 5.96 Å². The Labute approximate surface area is 157 Å². The van der Waals surface area contributed by atoms with E-state index in [0.29, 0.717) is 12.6 Å². The van der Waals surface area contributed by atoms with Crippen molar-refractivity contribution >= 4 is 11.9 Å². The second-order valence-electron chi connectivity index (χ2n) is 7.59. The van der Waals surface area contributed by atoms with Crippen LogP contribution in [0, 0.1) is 5.41 Å². The van der Waals surface area contributed by atoms with Gasteiger partial charge in [0.2, 0.25) is 5.91 Å². The molecule has 0 spiro atoms. The lowest BCUT2D eigenvalue weighted by Gasteiger charge is -2.34. The standard InChI is InChI=1S/C20H33N5O/c1-20(2,18(26)21-3)15-23-19(22-4)24-17-11-8-12-25(14-17)13-16-9-6-5-7-10-16/h5-7,9-10,17H,8,11-15H2,1-4H3,(H,21,26)(H2,22,23,24). The zero-order valence-corrected chi connectivity index (χ0v) is 16.5. The number of rotatable bonds is 6. The van der Waals surface area contributed by atoms with Crippen LogP contribution in [0.4, 0.5) is 0 Å². The van der Waals surface area contributed by atoms with Crippen molar-refractivity contribution in [3.05, 3.63) is 35.9 Å². The molecule has 0 aromatic heterocycles. The van der Waals surface area contributed by atoms with E-state index in [1.165, 1.54) is 12.0 Å². The average molecular weight is 360 g/mol. The van der Waals surface area contributed by atoms with Crippen molar-refractivity contribution < 1.29 is 4.79 Å². The predicted octanol–water partition coefficient (Wildman–Crippen LogP) is 1.59. The molecule has 1 aliphatic heterocycles. The fraction of sp³-hybridized carbons (Fsp3) is 0.600. The highest BCUT2D eigenvalue weighted by Crippen LogP contribution is 2.15. The molecule has 6 heteroatoms. The fourth-order valence-corrected chi connectivity index (χ4v) is 3.27. The fourth-order valence-electron chi connectivity index (χ4n) is 3.27. The summed E-state index contributed by atoms with van der Waals surface area (Å²) < 4.78 is 0. The summed E-state index contributed by atoms with van der Waals surface area (Å²) in [7, 11) is 3.44. The van der Waals surface area contributed by atoms with Gasteiger partial charge >= 0.3 is 0 Å². The molecule has 1 aromatic rings. The molecule has 0 radical (unpaired) electrons.